The molecule has 1 aliphatic carbocycles. The van der Waals surface area contributed by atoms with Crippen molar-refractivity contribution in [1.82, 2.24) is 26.6 Å². The Hall–Kier alpha value is 0.899. The number of halogens is 2. The van der Waals surface area contributed by atoms with Crippen molar-refractivity contribution < 1.29 is 13.1 Å². The molecule has 8 heteroatoms. The number of fused-ring (bicyclic) bond motifs is 1. The quantitative estimate of drug-likeness (QED) is 0.365. The molecule has 2 fully saturated rings. The Morgan fingerprint density at radius 2 is 1.12 bits per heavy atom. The van der Waals surface area contributed by atoms with Crippen LogP contribution < -0.4 is 26.6 Å². The molecule has 1 saturated heterocycles. The monoisotopic (exact) mass is 450 g/mol. The first-order valence-corrected chi connectivity index (χ1v) is 13.2. The Balaban J connectivity index is 0.00000105. The van der Waals surface area contributed by atoms with Gasteiger partial charge in [0.1, 0.15) is 0 Å². The summed E-state index contributed by atoms with van der Waals surface area (Å²) in [6.07, 6.45) is 3.96. The molecule has 2 aliphatic rings. The van der Waals surface area contributed by atoms with Crippen LogP contribution in [-0.4, -0.2) is 64.4 Å². The molecular formula is C18H39Cl2MnN5. The summed E-state index contributed by atoms with van der Waals surface area (Å²) < 4.78 is 0. The number of rotatable bonds is 0. The fourth-order valence-corrected chi connectivity index (χ4v) is 3.85. The molecule has 3 atom stereocenters. The zero-order valence-corrected chi connectivity index (χ0v) is 19.3. The minimum atomic E-state index is 0.00694. The first-order valence-electron chi connectivity index (χ1n) is 9.95. The predicted octanol–water partition coefficient (Wildman–Crippen LogP) is 1.91. The van der Waals surface area contributed by atoms with Crippen LogP contribution in [0.5, 0.6) is 0 Å². The molecule has 0 unspecified atom stereocenters. The van der Waals surface area contributed by atoms with Crippen LogP contribution in [0.25, 0.3) is 0 Å². The second-order valence-corrected chi connectivity index (χ2v) is 10.3. The summed E-state index contributed by atoms with van der Waals surface area (Å²) in [6, 6.07) is 1.23. The van der Waals surface area contributed by atoms with Crippen molar-refractivity contribution in [2.24, 2.45) is 11.3 Å². The number of hydrogen-bond acceptors (Lipinski definition) is 5. The SMILES string of the molecule is CC(C)(C)[C@@H]1CC[C@H]2NCCNCCNCCNCCN[C@@H]2C1.[Cl][Mn][Cl]. The van der Waals surface area contributed by atoms with Gasteiger partial charge >= 0.3 is 33.3 Å². The molecule has 1 heterocycles. The topological polar surface area (TPSA) is 60.1 Å². The van der Waals surface area contributed by atoms with Gasteiger partial charge in [0.25, 0.3) is 0 Å². The van der Waals surface area contributed by atoms with Gasteiger partial charge in [-0.25, -0.2) is 0 Å². The van der Waals surface area contributed by atoms with Crippen LogP contribution in [0.3, 0.4) is 0 Å². The molecule has 0 aromatic heterocycles. The maximum atomic E-state index is 4.80. The molecule has 0 aromatic carbocycles. The van der Waals surface area contributed by atoms with Crippen LogP contribution in [0.2, 0.25) is 0 Å². The molecule has 0 radical (unpaired) electrons. The van der Waals surface area contributed by atoms with Crippen LogP contribution in [-0.2, 0) is 13.1 Å². The van der Waals surface area contributed by atoms with Gasteiger partial charge in [0.15, 0.2) is 0 Å². The molecule has 1 aliphatic heterocycles. The van der Waals surface area contributed by atoms with Gasteiger partial charge in [-0.3, -0.25) is 0 Å². The van der Waals surface area contributed by atoms with Gasteiger partial charge in [-0.05, 0) is 30.6 Å². The summed E-state index contributed by atoms with van der Waals surface area (Å²) in [5, 5.41) is 18.1. The molecule has 2 rings (SSSR count). The van der Waals surface area contributed by atoms with E-state index < -0.39 is 0 Å². The third-order valence-electron chi connectivity index (χ3n) is 5.45. The summed E-state index contributed by atoms with van der Waals surface area (Å²) in [4.78, 5) is 0. The molecule has 0 aromatic rings. The first-order chi connectivity index (χ1) is 12.5. The van der Waals surface area contributed by atoms with Crippen LogP contribution in [0, 0.1) is 11.3 Å². The summed E-state index contributed by atoms with van der Waals surface area (Å²) in [5.74, 6) is 0.829. The van der Waals surface area contributed by atoms with Crippen molar-refractivity contribution in [2.45, 2.75) is 52.1 Å². The molecule has 157 valence electrons. The minimum absolute atomic E-state index is 0.00694. The fraction of sp³-hybridized carbons (Fsp3) is 1.00. The van der Waals surface area contributed by atoms with E-state index in [1.165, 1.54) is 19.3 Å². The van der Waals surface area contributed by atoms with E-state index in [0.717, 1.165) is 58.3 Å². The average Bonchev–Trinajstić information content (AvgIpc) is 2.60. The van der Waals surface area contributed by atoms with Gasteiger partial charge in [-0.15, -0.1) is 0 Å². The van der Waals surface area contributed by atoms with Gasteiger partial charge < -0.3 is 26.6 Å². The van der Waals surface area contributed by atoms with Gasteiger partial charge in [-0.1, -0.05) is 20.8 Å². The maximum absolute atomic E-state index is 4.80. The molecule has 0 amide bonds. The third-order valence-corrected chi connectivity index (χ3v) is 5.45. The Morgan fingerprint density at radius 1 is 0.692 bits per heavy atom. The fourth-order valence-electron chi connectivity index (χ4n) is 3.85. The third kappa shape index (κ3) is 11.0. The van der Waals surface area contributed by atoms with E-state index in [2.05, 4.69) is 47.4 Å². The van der Waals surface area contributed by atoms with Crippen molar-refractivity contribution in [3.63, 3.8) is 0 Å². The Kier molecular flexibility index (Phi) is 14.2. The first kappa shape index (κ1) is 24.9. The molecule has 5 nitrogen and oxygen atoms in total. The van der Waals surface area contributed by atoms with Gasteiger partial charge in [0.05, 0.1) is 0 Å². The second-order valence-electron chi connectivity index (χ2n) is 8.30. The predicted molar refractivity (Wildman–Crippen MR) is 111 cm³/mol. The van der Waals surface area contributed by atoms with E-state index in [1.807, 2.05) is 0 Å². The molecule has 0 spiro atoms. The summed E-state index contributed by atoms with van der Waals surface area (Å²) in [5.41, 5.74) is 0.426. The molecule has 1 saturated carbocycles. The Morgan fingerprint density at radius 3 is 1.58 bits per heavy atom. The van der Waals surface area contributed by atoms with Crippen molar-refractivity contribution in [1.29, 1.82) is 0 Å². The Bertz CT molecular complexity index is 344. The van der Waals surface area contributed by atoms with Gasteiger partial charge in [0.2, 0.25) is 0 Å². The van der Waals surface area contributed by atoms with E-state index in [0.29, 0.717) is 17.5 Å². The van der Waals surface area contributed by atoms with E-state index >= 15 is 0 Å². The average molecular weight is 451 g/mol. The second kappa shape index (κ2) is 14.8. The zero-order valence-electron chi connectivity index (χ0n) is 16.6. The molecule has 26 heavy (non-hydrogen) atoms. The van der Waals surface area contributed by atoms with Crippen LogP contribution in [0.1, 0.15) is 40.0 Å². The van der Waals surface area contributed by atoms with Crippen LogP contribution in [0.15, 0.2) is 0 Å². The van der Waals surface area contributed by atoms with Crippen molar-refractivity contribution in [3.8, 4) is 0 Å². The van der Waals surface area contributed by atoms with Gasteiger partial charge in [-0.2, -0.15) is 0 Å². The Labute approximate surface area is 175 Å². The summed E-state index contributed by atoms with van der Waals surface area (Å²) in [7, 11) is 9.59. The van der Waals surface area contributed by atoms with Crippen LogP contribution >= 0.6 is 20.2 Å². The van der Waals surface area contributed by atoms with Crippen molar-refractivity contribution in [3.05, 3.63) is 0 Å². The molecule has 5 N–H and O–H groups in total. The number of nitrogens with one attached hydrogen (secondary N) is 5. The standard InChI is InChI=1S/C18H39N5.2ClH.Mn/c1-18(2,3)15-4-5-16-17(14-15)23-13-11-21-9-7-19-6-8-20-10-12-22-16;;;/h15-17,19-23H,4-14H2,1-3H3;2*1H;/q;;;+2/p-2/t15-,16-,17-;;;/m1.../s1. The van der Waals surface area contributed by atoms with Crippen molar-refractivity contribution >= 4 is 20.2 Å². The van der Waals surface area contributed by atoms with Gasteiger partial charge in [0, 0.05) is 64.4 Å². The normalized spacial score (nSPS) is 30.1. The molecule has 0 bridgehead atoms. The van der Waals surface area contributed by atoms with E-state index in [1.54, 1.807) is 0 Å². The summed E-state index contributed by atoms with van der Waals surface area (Å²) >= 11 is 0.00694. The van der Waals surface area contributed by atoms with Crippen molar-refractivity contribution in [2.75, 3.05) is 52.4 Å². The van der Waals surface area contributed by atoms with E-state index in [9.17, 15) is 0 Å². The summed E-state index contributed by atoms with van der Waals surface area (Å²) in [6.45, 7) is 15.7. The zero-order chi connectivity index (χ0) is 19.3. The van der Waals surface area contributed by atoms with Crippen LogP contribution in [0.4, 0.5) is 0 Å². The van der Waals surface area contributed by atoms with E-state index in [4.69, 9.17) is 20.2 Å². The molecular weight excluding hydrogens is 412 g/mol. The number of hydrogen-bond donors (Lipinski definition) is 5. The van der Waals surface area contributed by atoms with E-state index in [-0.39, 0.29) is 13.1 Å².